The van der Waals surface area contributed by atoms with Gasteiger partial charge in [-0.2, -0.15) is 13.2 Å². The Morgan fingerprint density at radius 1 is 0.935 bits per heavy atom. The maximum absolute atomic E-state index is 12.8. The van der Waals surface area contributed by atoms with Crippen LogP contribution in [0.5, 0.6) is 5.75 Å². The zero-order valence-corrected chi connectivity index (χ0v) is 17.2. The van der Waals surface area contributed by atoms with Crippen LogP contribution in [0.25, 0.3) is 0 Å². The minimum Gasteiger partial charge on any atom is -0.497 e. The largest absolute Gasteiger partial charge is 0.497 e. The van der Waals surface area contributed by atoms with Crippen molar-refractivity contribution < 1.29 is 22.7 Å². The molecule has 0 saturated heterocycles. The zero-order valence-electron chi connectivity index (χ0n) is 17.2. The number of alkyl halides is 3. The first-order valence-corrected chi connectivity index (χ1v) is 9.41. The van der Waals surface area contributed by atoms with Crippen molar-refractivity contribution in [2.45, 2.75) is 6.18 Å². The van der Waals surface area contributed by atoms with Crippen molar-refractivity contribution in [1.29, 1.82) is 0 Å². The fourth-order valence-corrected chi connectivity index (χ4v) is 3.03. The summed E-state index contributed by atoms with van der Waals surface area (Å²) in [6, 6.07) is 17.5. The average Bonchev–Trinajstić information content (AvgIpc) is 2.78. The topological polar surface area (TPSA) is 53.6 Å². The molecular weight excluding hydrogens is 407 g/mol. The van der Waals surface area contributed by atoms with Crippen LogP contribution in [0, 0.1) is 0 Å². The Kier molecular flexibility index (Phi) is 6.39. The minimum absolute atomic E-state index is 0.250. The van der Waals surface area contributed by atoms with Crippen LogP contribution in [-0.2, 0) is 6.18 Å². The Labute approximate surface area is 178 Å². The smallest absolute Gasteiger partial charge is 0.416 e. The van der Waals surface area contributed by atoms with Gasteiger partial charge in [-0.15, -0.1) is 0 Å². The van der Waals surface area contributed by atoms with Crippen LogP contribution in [0.1, 0.15) is 15.9 Å². The lowest BCUT2D eigenvalue weighted by atomic mass is 10.1. The van der Waals surface area contributed by atoms with E-state index in [0.717, 1.165) is 23.5 Å². The van der Waals surface area contributed by atoms with Crippen molar-refractivity contribution in [2.24, 2.45) is 0 Å². The number of carbonyl (C=O) groups excluding carboxylic acids is 1. The van der Waals surface area contributed by atoms with E-state index in [4.69, 9.17) is 4.74 Å². The number of hydrogen-bond donors (Lipinski definition) is 2. The van der Waals surface area contributed by atoms with Crippen molar-refractivity contribution in [3.63, 3.8) is 0 Å². The first-order valence-electron chi connectivity index (χ1n) is 9.41. The summed E-state index contributed by atoms with van der Waals surface area (Å²) in [6.45, 7) is 0. The van der Waals surface area contributed by atoms with Gasteiger partial charge in [0.25, 0.3) is 5.91 Å². The summed E-state index contributed by atoms with van der Waals surface area (Å²) in [7, 11) is 4.86. The van der Waals surface area contributed by atoms with E-state index in [1.54, 1.807) is 37.2 Å². The van der Waals surface area contributed by atoms with E-state index >= 15 is 0 Å². The van der Waals surface area contributed by atoms with E-state index in [2.05, 4.69) is 10.6 Å². The summed E-state index contributed by atoms with van der Waals surface area (Å²) >= 11 is 0. The van der Waals surface area contributed by atoms with Crippen LogP contribution < -0.4 is 20.3 Å². The van der Waals surface area contributed by atoms with Gasteiger partial charge in [-0.25, -0.2) is 0 Å². The molecule has 0 radical (unpaired) electrons. The van der Waals surface area contributed by atoms with E-state index in [-0.39, 0.29) is 5.91 Å². The molecule has 0 atom stereocenters. The molecule has 8 heteroatoms. The highest BCUT2D eigenvalue weighted by atomic mass is 19.4. The SMILES string of the molecule is CNC(=O)c1cc(OC)ccc1Nc1ccc(N(C)c2ccc(C(F)(F)F)cc2)cc1. The molecular formula is C23H22F3N3O2. The molecule has 0 fully saturated rings. The first kappa shape index (κ1) is 22.0. The number of nitrogens with one attached hydrogen (secondary N) is 2. The lowest BCUT2D eigenvalue weighted by Gasteiger charge is -2.21. The molecule has 3 aromatic rings. The quantitative estimate of drug-likeness (QED) is 0.537. The van der Waals surface area contributed by atoms with Crippen LogP contribution in [0.4, 0.5) is 35.9 Å². The summed E-state index contributed by atoms with van der Waals surface area (Å²) in [5.41, 5.74) is 2.55. The number of rotatable bonds is 6. The van der Waals surface area contributed by atoms with Crippen LogP contribution >= 0.6 is 0 Å². The Balaban J connectivity index is 1.78. The average molecular weight is 429 g/mol. The number of methoxy groups -OCH3 is 1. The molecule has 2 N–H and O–H groups in total. The van der Waals surface area contributed by atoms with Crippen LogP contribution in [0.3, 0.4) is 0 Å². The second kappa shape index (κ2) is 8.99. The number of amides is 1. The van der Waals surface area contributed by atoms with Crippen molar-refractivity contribution in [2.75, 3.05) is 31.4 Å². The summed E-state index contributed by atoms with van der Waals surface area (Å²) in [6.07, 6.45) is -4.36. The van der Waals surface area contributed by atoms with Crippen molar-refractivity contribution in [1.82, 2.24) is 5.32 Å². The lowest BCUT2D eigenvalue weighted by Crippen LogP contribution is -2.19. The van der Waals surface area contributed by atoms with Gasteiger partial charge < -0.3 is 20.3 Å². The van der Waals surface area contributed by atoms with Gasteiger partial charge >= 0.3 is 6.18 Å². The maximum Gasteiger partial charge on any atom is 0.416 e. The highest BCUT2D eigenvalue weighted by molar-refractivity contribution is 6.00. The Morgan fingerprint density at radius 2 is 1.52 bits per heavy atom. The van der Waals surface area contributed by atoms with Crippen LogP contribution in [0.15, 0.2) is 66.7 Å². The Hall–Kier alpha value is -3.68. The number of carbonyl (C=O) groups is 1. The third-order valence-corrected chi connectivity index (χ3v) is 4.81. The molecule has 3 aromatic carbocycles. The van der Waals surface area contributed by atoms with Crippen molar-refractivity contribution in [3.05, 3.63) is 77.9 Å². The monoisotopic (exact) mass is 429 g/mol. The van der Waals surface area contributed by atoms with E-state index in [1.165, 1.54) is 19.2 Å². The molecule has 3 rings (SSSR count). The van der Waals surface area contributed by atoms with Crippen molar-refractivity contribution in [3.8, 4) is 5.75 Å². The molecule has 0 spiro atoms. The molecule has 0 bridgehead atoms. The van der Waals surface area contributed by atoms with Gasteiger partial charge in [0.05, 0.1) is 23.9 Å². The third kappa shape index (κ3) is 5.09. The van der Waals surface area contributed by atoms with E-state index in [9.17, 15) is 18.0 Å². The van der Waals surface area contributed by atoms with Gasteiger partial charge in [0.15, 0.2) is 0 Å². The molecule has 0 aliphatic heterocycles. The van der Waals surface area contributed by atoms with Gasteiger partial charge in [-0.05, 0) is 66.7 Å². The summed E-state index contributed by atoms with van der Waals surface area (Å²) in [4.78, 5) is 14.0. The number of halogens is 3. The lowest BCUT2D eigenvalue weighted by molar-refractivity contribution is -0.137. The normalized spacial score (nSPS) is 11.0. The number of anilines is 4. The number of nitrogens with zero attached hydrogens (tertiary/aromatic N) is 1. The van der Waals surface area contributed by atoms with Gasteiger partial charge in [0, 0.05) is 31.2 Å². The molecule has 0 saturated carbocycles. The van der Waals surface area contributed by atoms with Crippen LogP contribution in [-0.4, -0.2) is 27.1 Å². The van der Waals surface area contributed by atoms with Crippen LogP contribution in [0.2, 0.25) is 0 Å². The molecule has 162 valence electrons. The Morgan fingerprint density at radius 3 is 2.03 bits per heavy atom. The number of hydrogen-bond acceptors (Lipinski definition) is 4. The van der Waals surface area contributed by atoms with Gasteiger partial charge in [0.2, 0.25) is 0 Å². The van der Waals surface area contributed by atoms with Gasteiger partial charge in [-0.1, -0.05) is 0 Å². The molecule has 0 aliphatic carbocycles. The number of ether oxygens (including phenoxy) is 1. The molecule has 0 unspecified atom stereocenters. The highest BCUT2D eigenvalue weighted by Crippen LogP contribution is 2.32. The van der Waals surface area contributed by atoms with Gasteiger partial charge in [-0.3, -0.25) is 4.79 Å². The molecule has 5 nitrogen and oxygen atoms in total. The van der Waals surface area contributed by atoms with Crippen molar-refractivity contribution >= 4 is 28.7 Å². The molecule has 0 aliphatic rings. The van der Waals surface area contributed by atoms with Gasteiger partial charge in [0.1, 0.15) is 5.75 Å². The minimum atomic E-state index is -4.36. The summed E-state index contributed by atoms with van der Waals surface area (Å²) in [5, 5.41) is 5.81. The second-order valence-corrected chi connectivity index (χ2v) is 6.77. The second-order valence-electron chi connectivity index (χ2n) is 6.77. The predicted molar refractivity (Wildman–Crippen MR) is 116 cm³/mol. The third-order valence-electron chi connectivity index (χ3n) is 4.81. The fourth-order valence-electron chi connectivity index (χ4n) is 3.03. The summed E-state index contributed by atoms with van der Waals surface area (Å²) < 4.78 is 43.5. The first-order chi connectivity index (χ1) is 14.7. The van der Waals surface area contributed by atoms with E-state index < -0.39 is 11.7 Å². The Bertz CT molecular complexity index is 1050. The molecule has 1 amide bonds. The predicted octanol–water partition coefficient (Wildman–Crippen LogP) is 5.59. The molecule has 0 heterocycles. The molecule has 0 aromatic heterocycles. The molecule has 31 heavy (non-hydrogen) atoms. The highest BCUT2D eigenvalue weighted by Gasteiger charge is 2.30. The standard InChI is InChI=1S/C23H22F3N3O2/c1-27-22(30)20-14-19(31-3)12-13-21(20)28-16-6-10-18(11-7-16)29(2)17-8-4-15(5-9-17)23(24,25)26/h4-14,28H,1-3H3,(H,27,30). The van der Waals surface area contributed by atoms with E-state index in [0.29, 0.717) is 22.7 Å². The zero-order chi connectivity index (χ0) is 22.6. The fraction of sp³-hybridized carbons (Fsp3) is 0.174. The maximum atomic E-state index is 12.8. The number of benzene rings is 3. The van der Waals surface area contributed by atoms with E-state index in [1.807, 2.05) is 24.3 Å². The summed E-state index contributed by atoms with van der Waals surface area (Å²) in [5.74, 6) is 0.317.